The quantitative estimate of drug-likeness (QED) is 0.163. The molecule has 3 rings (SSSR count). The molecule has 3 heterocycles. The predicted molar refractivity (Wildman–Crippen MR) is 217 cm³/mol. The smallest absolute Gasteiger partial charge is 0.330 e. The maximum absolute atomic E-state index is 13.6. The predicted octanol–water partition coefficient (Wildman–Crippen LogP) is 6.16. The first kappa shape index (κ1) is 48.7. The fourth-order valence-corrected chi connectivity index (χ4v) is 8.75. The van der Waals surface area contributed by atoms with Gasteiger partial charge in [0.25, 0.3) is 0 Å². The van der Waals surface area contributed by atoms with Gasteiger partial charge in [0.05, 0.1) is 54.9 Å². The second-order valence-electron chi connectivity index (χ2n) is 17.7. The van der Waals surface area contributed by atoms with Crippen LogP contribution in [0, 0.1) is 35.5 Å². The Morgan fingerprint density at radius 2 is 1.55 bits per heavy atom. The van der Waals surface area contributed by atoms with Crippen molar-refractivity contribution < 1.29 is 54.4 Å². The largest absolute Gasteiger partial charge is 0.459 e. The summed E-state index contributed by atoms with van der Waals surface area (Å²) in [6.07, 6.45) is 12.5. The number of ether oxygens (including phenoxy) is 4. The topological polar surface area (TPSA) is 175 Å². The molecule has 0 aromatic heterocycles. The maximum atomic E-state index is 13.6. The van der Waals surface area contributed by atoms with Crippen LogP contribution in [0.2, 0.25) is 0 Å². The zero-order valence-corrected chi connectivity index (χ0v) is 35.6. The third kappa shape index (κ3) is 15.2. The number of hydrogen-bond acceptors (Lipinski definition) is 11. The minimum atomic E-state index is -0.984. The Hall–Kier alpha value is -1.67. The molecule has 11 heteroatoms. The van der Waals surface area contributed by atoms with Crippen molar-refractivity contribution in [3.63, 3.8) is 0 Å². The summed E-state index contributed by atoms with van der Waals surface area (Å²) in [7, 11) is 1.52. The summed E-state index contributed by atoms with van der Waals surface area (Å²) in [5.41, 5.74) is 0. The SMILES string of the molecule is CC[C@H]1C=CC=CCC[C@@H](O)[C@@H](C)[C@@H](O)C[C@@H](OC)C[C@@H](O)[C@H](C)[C@H](O)[C@@H](C)C=CC(=O)O[C@H]2C[C@@]3(CC[C@H](C)[C@H](C[C@@H](C)O)O3)O[C@@H](CC1)[C@H]2CCC(C)O. The number of aliphatic hydroxyl groups excluding tert-OH is 6. The van der Waals surface area contributed by atoms with Gasteiger partial charge in [-0.15, -0.1) is 0 Å². The summed E-state index contributed by atoms with van der Waals surface area (Å²) in [6.45, 7) is 13.2. The Balaban J connectivity index is 1.97. The lowest BCUT2D eigenvalue weighted by molar-refractivity contribution is -0.349. The molecule has 17 atom stereocenters. The average Bonchev–Trinajstić information content (AvgIpc) is 3.15. The standard InChI is InChI=1S/C45H78O11/c1-9-34-14-12-10-11-13-15-37(48)32(6)38(49)25-35(53-8)26-39(50)33(7)44(52)29(3)16-21-43(51)54-42-27-45(23-22-28(2)41(56-45)24-31(5)47)55-40(20-18-34)36(42)19-17-30(4)46/h10-12,14,16,21,28-42,44,46-50,52H,9,13,15,17-20,22-27H2,1-8H3/t28-,29-,30?,31+,32+,33-,34-,35+,36+,37+,38-,39+,40-,41-,42-,44+,45-/m0/s1. The summed E-state index contributed by atoms with van der Waals surface area (Å²) >= 11 is 0. The lowest BCUT2D eigenvalue weighted by Crippen LogP contribution is -2.58. The van der Waals surface area contributed by atoms with Crippen molar-refractivity contribution >= 4 is 5.97 Å². The lowest BCUT2D eigenvalue weighted by Gasteiger charge is -2.52. The first-order valence-corrected chi connectivity index (χ1v) is 21.7. The van der Waals surface area contributed by atoms with E-state index in [0.29, 0.717) is 51.4 Å². The number of carbonyl (C=O) groups is 1. The van der Waals surface area contributed by atoms with Crippen LogP contribution < -0.4 is 0 Å². The highest BCUT2D eigenvalue weighted by Gasteiger charge is 2.52. The van der Waals surface area contributed by atoms with E-state index in [1.807, 2.05) is 25.2 Å². The average molecular weight is 795 g/mol. The number of carbonyl (C=O) groups excluding carboxylic acids is 1. The van der Waals surface area contributed by atoms with E-state index in [1.54, 1.807) is 33.8 Å². The number of hydrogen-bond donors (Lipinski definition) is 6. The fourth-order valence-electron chi connectivity index (χ4n) is 8.75. The van der Waals surface area contributed by atoms with Crippen molar-refractivity contribution in [2.75, 3.05) is 7.11 Å². The van der Waals surface area contributed by atoms with Crippen molar-refractivity contribution in [3.8, 4) is 0 Å². The van der Waals surface area contributed by atoms with Crippen molar-refractivity contribution in [2.24, 2.45) is 35.5 Å². The molecule has 2 saturated heterocycles. The molecule has 3 aliphatic heterocycles. The number of rotatable bonds is 7. The third-order valence-electron chi connectivity index (χ3n) is 13.0. The van der Waals surface area contributed by atoms with Crippen molar-refractivity contribution in [2.45, 2.75) is 199 Å². The highest BCUT2D eigenvalue weighted by atomic mass is 16.7. The van der Waals surface area contributed by atoms with E-state index in [-0.39, 0.29) is 42.8 Å². The minimum Gasteiger partial charge on any atom is -0.459 e. The van der Waals surface area contributed by atoms with Gasteiger partial charge in [-0.2, -0.15) is 0 Å². The molecule has 6 N–H and O–H groups in total. The maximum Gasteiger partial charge on any atom is 0.330 e. The van der Waals surface area contributed by atoms with Gasteiger partial charge < -0.3 is 49.6 Å². The van der Waals surface area contributed by atoms with E-state index in [0.717, 1.165) is 19.3 Å². The summed E-state index contributed by atoms with van der Waals surface area (Å²) < 4.78 is 25.7. The van der Waals surface area contributed by atoms with Gasteiger partial charge >= 0.3 is 5.97 Å². The van der Waals surface area contributed by atoms with Gasteiger partial charge in [0.1, 0.15) is 6.10 Å². The van der Waals surface area contributed by atoms with E-state index in [1.165, 1.54) is 13.2 Å². The molecule has 2 fully saturated rings. The highest BCUT2D eigenvalue weighted by Crippen LogP contribution is 2.47. The van der Waals surface area contributed by atoms with Gasteiger partial charge in [0, 0.05) is 49.7 Å². The van der Waals surface area contributed by atoms with Gasteiger partial charge in [0.2, 0.25) is 0 Å². The molecule has 0 radical (unpaired) electrons. The van der Waals surface area contributed by atoms with Crippen LogP contribution in [0.4, 0.5) is 0 Å². The summed E-state index contributed by atoms with van der Waals surface area (Å²) in [5.74, 6) is -2.70. The molecule has 0 aromatic rings. The molecule has 0 aliphatic carbocycles. The molecule has 1 unspecified atom stereocenters. The second kappa shape index (κ2) is 23.8. The van der Waals surface area contributed by atoms with E-state index < -0.39 is 78.3 Å². The number of esters is 1. The third-order valence-corrected chi connectivity index (χ3v) is 13.0. The lowest BCUT2D eigenvalue weighted by atomic mass is 9.77. The monoisotopic (exact) mass is 795 g/mol. The van der Waals surface area contributed by atoms with Crippen LogP contribution >= 0.6 is 0 Å². The molecule has 324 valence electrons. The second-order valence-corrected chi connectivity index (χ2v) is 17.7. The van der Waals surface area contributed by atoms with Crippen LogP contribution in [-0.2, 0) is 23.7 Å². The van der Waals surface area contributed by atoms with Gasteiger partial charge in [-0.25, -0.2) is 4.79 Å². The van der Waals surface area contributed by atoms with E-state index in [4.69, 9.17) is 18.9 Å². The first-order valence-electron chi connectivity index (χ1n) is 21.7. The first-order chi connectivity index (χ1) is 26.5. The zero-order chi connectivity index (χ0) is 41.6. The van der Waals surface area contributed by atoms with Crippen molar-refractivity contribution in [1.29, 1.82) is 0 Å². The van der Waals surface area contributed by atoms with Crippen LogP contribution in [0.25, 0.3) is 0 Å². The fraction of sp³-hybridized carbons (Fsp3) is 0.844. The van der Waals surface area contributed by atoms with Crippen LogP contribution in [0.1, 0.15) is 132 Å². The molecule has 3 aliphatic rings. The highest BCUT2D eigenvalue weighted by molar-refractivity contribution is 5.82. The normalized spacial score (nSPS) is 41.6. The van der Waals surface area contributed by atoms with Crippen LogP contribution in [0.15, 0.2) is 36.5 Å². The molecule has 1 spiro atoms. The van der Waals surface area contributed by atoms with Gasteiger partial charge in [0.15, 0.2) is 5.79 Å². The van der Waals surface area contributed by atoms with Crippen LogP contribution in [0.3, 0.4) is 0 Å². The number of fused-ring (bicyclic) bond motifs is 2. The van der Waals surface area contributed by atoms with E-state index >= 15 is 0 Å². The zero-order valence-electron chi connectivity index (χ0n) is 35.6. The number of allylic oxidation sites excluding steroid dienone is 4. The molecule has 0 amide bonds. The van der Waals surface area contributed by atoms with Gasteiger partial charge in [-0.3, -0.25) is 0 Å². The molecule has 0 saturated carbocycles. The minimum absolute atomic E-state index is 0.181. The molecule has 56 heavy (non-hydrogen) atoms. The van der Waals surface area contributed by atoms with Gasteiger partial charge in [-0.05, 0) is 96.3 Å². The van der Waals surface area contributed by atoms with Gasteiger partial charge in [-0.1, -0.05) is 65.0 Å². The molecular formula is C45H78O11. The molecule has 11 nitrogen and oxygen atoms in total. The Labute approximate surface area is 337 Å². The Morgan fingerprint density at radius 1 is 0.857 bits per heavy atom. The summed E-state index contributed by atoms with van der Waals surface area (Å²) in [6, 6.07) is 0. The molecule has 2 bridgehead atoms. The number of methoxy groups -OCH3 is 1. The Kier molecular flexibility index (Phi) is 20.7. The summed E-state index contributed by atoms with van der Waals surface area (Å²) in [4.78, 5) is 13.6. The van der Waals surface area contributed by atoms with E-state index in [9.17, 15) is 35.4 Å². The Bertz CT molecular complexity index is 1220. The Morgan fingerprint density at radius 3 is 2.20 bits per heavy atom. The van der Waals surface area contributed by atoms with Crippen molar-refractivity contribution in [1.82, 2.24) is 0 Å². The van der Waals surface area contributed by atoms with Crippen LogP contribution in [0.5, 0.6) is 0 Å². The van der Waals surface area contributed by atoms with Crippen molar-refractivity contribution in [3.05, 3.63) is 36.5 Å². The summed E-state index contributed by atoms with van der Waals surface area (Å²) in [5, 5.41) is 64.9. The van der Waals surface area contributed by atoms with E-state index in [2.05, 4.69) is 19.9 Å². The molecular weight excluding hydrogens is 716 g/mol. The van der Waals surface area contributed by atoms with Crippen LogP contribution in [-0.4, -0.2) is 111 Å². The number of aliphatic hydroxyl groups is 6. The molecule has 0 aromatic carbocycles.